The average molecular weight is 263 g/mol. The third-order valence-corrected chi connectivity index (χ3v) is 4.11. The lowest BCUT2D eigenvalue weighted by Gasteiger charge is -2.41. The molecular formula is C16H29N3. The molecule has 0 amide bonds. The predicted molar refractivity (Wildman–Crippen MR) is 83.4 cm³/mol. The molecule has 0 aliphatic rings. The van der Waals surface area contributed by atoms with Crippen LogP contribution >= 0.6 is 0 Å². The Bertz CT molecular complexity index is 344. The van der Waals surface area contributed by atoms with Crippen molar-refractivity contribution < 1.29 is 0 Å². The van der Waals surface area contributed by atoms with Crippen LogP contribution in [0.25, 0.3) is 0 Å². The van der Waals surface area contributed by atoms with Crippen LogP contribution in [0.5, 0.6) is 0 Å². The molecule has 2 N–H and O–H groups in total. The number of likely N-dealkylation sites (N-methyl/N-ethyl adjacent to an activating group) is 2. The smallest absolute Gasteiger partial charge is 0.0366 e. The lowest BCUT2D eigenvalue weighted by molar-refractivity contribution is 0.111. The molecule has 0 heterocycles. The fraction of sp³-hybridized carbons (Fsp3) is 0.625. The fourth-order valence-electron chi connectivity index (χ4n) is 2.47. The predicted octanol–water partition coefficient (Wildman–Crippen LogP) is 1.83. The Balaban J connectivity index is 2.78. The number of benzene rings is 1. The molecule has 0 aliphatic heterocycles. The quantitative estimate of drug-likeness (QED) is 0.776. The Labute approximate surface area is 118 Å². The summed E-state index contributed by atoms with van der Waals surface area (Å²) in [6.07, 6.45) is 2.09. The van der Waals surface area contributed by atoms with Crippen molar-refractivity contribution in [3.05, 3.63) is 35.9 Å². The van der Waals surface area contributed by atoms with Crippen LogP contribution in [-0.2, 0) is 6.42 Å². The van der Waals surface area contributed by atoms with Gasteiger partial charge < -0.3 is 10.6 Å². The second-order valence-corrected chi connectivity index (χ2v) is 5.67. The van der Waals surface area contributed by atoms with Crippen molar-refractivity contribution in [2.75, 3.05) is 40.8 Å². The lowest BCUT2D eigenvalue weighted by Crippen LogP contribution is -2.54. The third-order valence-electron chi connectivity index (χ3n) is 4.11. The summed E-state index contributed by atoms with van der Waals surface area (Å²) in [5, 5.41) is 0. The highest BCUT2D eigenvalue weighted by molar-refractivity contribution is 5.18. The molecule has 0 fully saturated rings. The molecule has 1 aromatic carbocycles. The molecule has 19 heavy (non-hydrogen) atoms. The van der Waals surface area contributed by atoms with Gasteiger partial charge in [0, 0.05) is 25.2 Å². The van der Waals surface area contributed by atoms with Crippen LogP contribution in [0, 0.1) is 0 Å². The van der Waals surface area contributed by atoms with E-state index < -0.39 is 0 Å². The number of nitrogens with two attached hydrogens (primary N) is 1. The Morgan fingerprint density at radius 1 is 1.05 bits per heavy atom. The molecule has 108 valence electrons. The van der Waals surface area contributed by atoms with E-state index in [2.05, 4.69) is 68.2 Å². The molecule has 0 bridgehead atoms. The minimum absolute atomic E-state index is 0.0668. The van der Waals surface area contributed by atoms with E-state index in [-0.39, 0.29) is 5.54 Å². The number of hydrogen-bond acceptors (Lipinski definition) is 3. The number of hydrogen-bond donors (Lipinski definition) is 1. The van der Waals surface area contributed by atoms with E-state index >= 15 is 0 Å². The van der Waals surface area contributed by atoms with E-state index in [1.807, 2.05) is 0 Å². The highest BCUT2D eigenvalue weighted by Gasteiger charge is 2.31. The molecule has 3 nitrogen and oxygen atoms in total. The maximum Gasteiger partial charge on any atom is 0.0366 e. The normalized spacial score (nSPS) is 14.9. The van der Waals surface area contributed by atoms with E-state index in [0.29, 0.717) is 6.54 Å². The van der Waals surface area contributed by atoms with Crippen molar-refractivity contribution in [1.29, 1.82) is 0 Å². The minimum Gasteiger partial charge on any atom is -0.329 e. The van der Waals surface area contributed by atoms with Gasteiger partial charge in [0.1, 0.15) is 0 Å². The van der Waals surface area contributed by atoms with Crippen molar-refractivity contribution in [2.24, 2.45) is 5.73 Å². The largest absolute Gasteiger partial charge is 0.329 e. The van der Waals surface area contributed by atoms with Gasteiger partial charge in [-0.05, 0) is 39.5 Å². The van der Waals surface area contributed by atoms with Crippen LogP contribution in [-0.4, -0.2) is 56.1 Å². The first-order valence-corrected chi connectivity index (χ1v) is 7.14. The van der Waals surface area contributed by atoms with Crippen molar-refractivity contribution in [1.82, 2.24) is 9.80 Å². The van der Waals surface area contributed by atoms with Gasteiger partial charge in [-0.15, -0.1) is 0 Å². The molecule has 1 rings (SSSR count). The molecule has 0 aliphatic carbocycles. The van der Waals surface area contributed by atoms with Crippen molar-refractivity contribution in [3.63, 3.8) is 0 Å². The molecule has 0 radical (unpaired) electrons. The SMILES string of the molecule is CCC(CN)(Cc1ccccc1)N(C)CCN(C)C. The van der Waals surface area contributed by atoms with Gasteiger partial charge in [0.15, 0.2) is 0 Å². The van der Waals surface area contributed by atoms with Gasteiger partial charge in [-0.2, -0.15) is 0 Å². The van der Waals surface area contributed by atoms with Crippen LogP contribution in [0.3, 0.4) is 0 Å². The first-order valence-electron chi connectivity index (χ1n) is 7.14. The molecule has 0 saturated heterocycles. The van der Waals surface area contributed by atoms with Gasteiger partial charge >= 0.3 is 0 Å². The van der Waals surface area contributed by atoms with Gasteiger partial charge in [-0.3, -0.25) is 4.90 Å². The van der Waals surface area contributed by atoms with Crippen LogP contribution in [0.1, 0.15) is 18.9 Å². The van der Waals surface area contributed by atoms with Crippen molar-refractivity contribution in [3.8, 4) is 0 Å². The summed E-state index contributed by atoms with van der Waals surface area (Å²) >= 11 is 0. The zero-order valence-corrected chi connectivity index (χ0v) is 12.9. The molecule has 1 unspecified atom stereocenters. The van der Waals surface area contributed by atoms with E-state index in [0.717, 1.165) is 25.9 Å². The molecule has 1 atom stereocenters. The van der Waals surface area contributed by atoms with Gasteiger partial charge in [0.25, 0.3) is 0 Å². The second kappa shape index (κ2) is 7.63. The molecule has 3 heteroatoms. The Kier molecular flexibility index (Phi) is 6.49. The zero-order chi connectivity index (χ0) is 14.3. The van der Waals surface area contributed by atoms with Crippen LogP contribution in [0.4, 0.5) is 0 Å². The average Bonchev–Trinajstić information content (AvgIpc) is 2.43. The van der Waals surface area contributed by atoms with Gasteiger partial charge in [0.05, 0.1) is 0 Å². The summed E-state index contributed by atoms with van der Waals surface area (Å²) in [6, 6.07) is 10.7. The Morgan fingerprint density at radius 2 is 1.68 bits per heavy atom. The summed E-state index contributed by atoms with van der Waals surface area (Å²) in [7, 11) is 6.42. The highest BCUT2D eigenvalue weighted by Crippen LogP contribution is 2.22. The van der Waals surface area contributed by atoms with E-state index in [4.69, 9.17) is 5.73 Å². The molecule has 0 spiro atoms. The van der Waals surface area contributed by atoms with Crippen molar-refractivity contribution in [2.45, 2.75) is 25.3 Å². The summed E-state index contributed by atoms with van der Waals surface area (Å²) in [5.74, 6) is 0. The summed E-state index contributed by atoms with van der Waals surface area (Å²) < 4.78 is 0. The van der Waals surface area contributed by atoms with E-state index in [1.165, 1.54) is 5.56 Å². The van der Waals surface area contributed by atoms with Crippen LogP contribution in [0.2, 0.25) is 0 Å². The maximum atomic E-state index is 6.12. The van der Waals surface area contributed by atoms with Crippen LogP contribution in [0.15, 0.2) is 30.3 Å². The molecule has 1 aromatic rings. The minimum atomic E-state index is 0.0668. The fourth-order valence-corrected chi connectivity index (χ4v) is 2.47. The number of nitrogens with zero attached hydrogens (tertiary/aromatic N) is 2. The second-order valence-electron chi connectivity index (χ2n) is 5.67. The summed E-state index contributed by atoms with van der Waals surface area (Å²) in [5.41, 5.74) is 7.55. The van der Waals surface area contributed by atoms with Gasteiger partial charge in [-0.1, -0.05) is 37.3 Å². The summed E-state index contributed by atoms with van der Waals surface area (Å²) in [6.45, 7) is 5.04. The van der Waals surface area contributed by atoms with Gasteiger partial charge in [0.2, 0.25) is 0 Å². The van der Waals surface area contributed by atoms with Gasteiger partial charge in [-0.25, -0.2) is 0 Å². The molecular weight excluding hydrogens is 234 g/mol. The summed E-state index contributed by atoms with van der Waals surface area (Å²) in [4.78, 5) is 4.65. The first-order chi connectivity index (χ1) is 9.04. The molecule has 0 aromatic heterocycles. The monoisotopic (exact) mass is 263 g/mol. The Morgan fingerprint density at radius 3 is 2.16 bits per heavy atom. The Hall–Kier alpha value is -0.900. The van der Waals surface area contributed by atoms with Crippen LogP contribution < -0.4 is 5.73 Å². The highest BCUT2D eigenvalue weighted by atomic mass is 15.2. The third kappa shape index (κ3) is 4.60. The van der Waals surface area contributed by atoms with E-state index in [9.17, 15) is 0 Å². The standard InChI is InChI=1S/C16H29N3/c1-5-16(14-17,19(4)12-11-18(2)3)13-15-9-7-6-8-10-15/h6-10H,5,11-14,17H2,1-4H3. The zero-order valence-electron chi connectivity index (χ0n) is 12.9. The number of rotatable bonds is 8. The topological polar surface area (TPSA) is 32.5 Å². The lowest BCUT2D eigenvalue weighted by atomic mass is 9.86. The maximum absolute atomic E-state index is 6.12. The van der Waals surface area contributed by atoms with E-state index in [1.54, 1.807) is 0 Å². The first kappa shape index (κ1) is 16.2. The molecule has 0 saturated carbocycles. The van der Waals surface area contributed by atoms with Crippen molar-refractivity contribution >= 4 is 0 Å².